The molecule has 0 aromatic heterocycles. The second-order valence-electron chi connectivity index (χ2n) is 8.75. The number of carbonyl (C=O) groups is 1. The van der Waals surface area contributed by atoms with Gasteiger partial charge in [-0.3, -0.25) is 10.1 Å². The number of ether oxygens (including phenoxy) is 1. The lowest BCUT2D eigenvalue weighted by molar-refractivity contribution is -0.384. The lowest BCUT2D eigenvalue weighted by Gasteiger charge is -2.38. The Bertz CT molecular complexity index is 795. The van der Waals surface area contributed by atoms with E-state index in [4.69, 9.17) is 10.00 Å². The predicted molar refractivity (Wildman–Crippen MR) is 111 cm³/mol. The standard InChI is InChI=1S/C21H30N4O4/c1-15(2)24(20(26)29-21(3,4)5)14-17-7-6-10-23(13-17)18-9-8-16(12-22)11-19(18)25(27)28/h8-9,11,15,17H,6-7,10,13-14H2,1-5H3/t17-/m0/s1. The Balaban J connectivity index is 2.17. The number of nitro benzene ring substituents is 1. The summed E-state index contributed by atoms with van der Waals surface area (Å²) in [7, 11) is 0. The van der Waals surface area contributed by atoms with E-state index in [9.17, 15) is 14.9 Å². The van der Waals surface area contributed by atoms with Crippen LogP contribution in [0.3, 0.4) is 0 Å². The molecule has 0 bridgehead atoms. The van der Waals surface area contributed by atoms with Crippen LogP contribution in [-0.2, 0) is 4.74 Å². The molecular formula is C21H30N4O4. The van der Waals surface area contributed by atoms with Crippen LogP contribution in [0.1, 0.15) is 53.0 Å². The van der Waals surface area contributed by atoms with Crippen LogP contribution in [0.25, 0.3) is 0 Å². The zero-order valence-electron chi connectivity index (χ0n) is 17.8. The fourth-order valence-electron chi connectivity index (χ4n) is 3.53. The highest BCUT2D eigenvalue weighted by Crippen LogP contribution is 2.33. The summed E-state index contributed by atoms with van der Waals surface area (Å²) in [5.41, 5.74) is 0.167. The number of nitro groups is 1. The molecule has 1 atom stereocenters. The average molecular weight is 402 g/mol. The molecule has 1 aromatic carbocycles. The van der Waals surface area contributed by atoms with Crippen LogP contribution in [0, 0.1) is 27.4 Å². The molecule has 158 valence electrons. The van der Waals surface area contributed by atoms with Crippen LogP contribution in [0.5, 0.6) is 0 Å². The molecular weight excluding hydrogens is 372 g/mol. The largest absolute Gasteiger partial charge is 0.444 e. The van der Waals surface area contributed by atoms with E-state index >= 15 is 0 Å². The first kappa shape index (κ1) is 22.5. The van der Waals surface area contributed by atoms with Crippen molar-refractivity contribution >= 4 is 17.5 Å². The van der Waals surface area contributed by atoms with E-state index in [0.29, 0.717) is 25.3 Å². The molecule has 1 aliphatic heterocycles. The van der Waals surface area contributed by atoms with Gasteiger partial charge in [-0.15, -0.1) is 0 Å². The molecule has 8 nitrogen and oxygen atoms in total. The van der Waals surface area contributed by atoms with Crippen LogP contribution in [0.4, 0.5) is 16.2 Å². The molecule has 0 saturated carbocycles. The normalized spacial score (nSPS) is 17.0. The van der Waals surface area contributed by atoms with Gasteiger partial charge in [0.05, 0.1) is 16.6 Å². The summed E-state index contributed by atoms with van der Waals surface area (Å²) in [6.07, 6.45) is 1.48. The third-order valence-electron chi connectivity index (χ3n) is 4.87. The Hall–Kier alpha value is -2.82. The molecule has 29 heavy (non-hydrogen) atoms. The summed E-state index contributed by atoms with van der Waals surface area (Å²) < 4.78 is 5.54. The van der Waals surface area contributed by atoms with Crippen molar-refractivity contribution in [1.82, 2.24) is 4.90 Å². The fourth-order valence-corrected chi connectivity index (χ4v) is 3.53. The van der Waals surface area contributed by atoms with Crippen molar-refractivity contribution in [2.45, 2.75) is 59.1 Å². The van der Waals surface area contributed by atoms with E-state index in [2.05, 4.69) is 0 Å². The number of piperidine rings is 1. The molecule has 1 saturated heterocycles. The van der Waals surface area contributed by atoms with Crippen LogP contribution in [-0.4, -0.2) is 47.2 Å². The zero-order chi connectivity index (χ0) is 21.8. The minimum atomic E-state index is -0.564. The van der Waals surface area contributed by atoms with Crippen molar-refractivity contribution in [2.75, 3.05) is 24.5 Å². The summed E-state index contributed by atoms with van der Waals surface area (Å²) in [5.74, 6) is 0.175. The van der Waals surface area contributed by atoms with E-state index in [1.807, 2.05) is 45.6 Å². The van der Waals surface area contributed by atoms with E-state index in [0.717, 1.165) is 12.8 Å². The molecule has 1 heterocycles. The molecule has 0 N–H and O–H groups in total. The van der Waals surface area contributed by atoms with Gasteiger partial charge in [-0.2, -0.15) is 5.26 Å². The maximum absolute atomic E-state index is 12.6. The number of hydrogen-bond donors (Lipinski definition) is 0. The lowest BCUT2D eigenvalue weighted by atomic mass is 9.96. The summed E-state index contributed by atoms with van der Waals surface area (Å²) in [5, 5.41) is 20.5. The smallest absolute Gasteiger partial charge is 0.410 e. The Morgan fingerprint density at radius 3 is 2.69 bits per heavy atom. The van der Waals surface area contributed by atoms with Crippen molar-refractivity contribution in [3.05, 3.63) is 33.9 Å². The monoisotopic (exact) mass is 402 g/mol. The van der Waals surface area contributed by atoms with E-state index < -0.39 is 10.5 Å². The third-order valence-corrected chi connectivity index (χ3v) is 4.87. The Morgan fingerprint density at radius 2 is 2.14 bits per heavy atom. The highest BCUT2D eigenvalue weighted by Gasteiger charge is 2.30. The van der Waals surface area contributed by atoms with Gasteiger partial charge < -0.3 is 14.5 Å². The van der Waals surface area contributed by atoms with E-state index in [1.54, 1.807) is 17.0 Å². The molecule has 0 spiro atoms. The summed E-state index contributed by atoms with van der Waals surface area (Å²) >= 11 is 0. The molecule has 2 rings (SSSR count). The van der Waals surface area contributed by atoms with Gasteiger partial charge in [0.1, 0.15) is 11.3 Å². The van der Waals surface area contributed by atoms with Crippen LogP contribution >= 0.6 is 0 Å². The Kier molecular flexibility index (Phi) is 7.07. The van der Waals surface area contributed by atoms with Gasteiger partial charge in [0.2, 0.25) is 0 Å². The number of carbonyl (C=O) groups excluding carboxylic acids is 1. The third kappa shape index (κ3) is 6.08. The highest BCUT2D eigenvalue weighted by atomic mass is 16.6. The number of hydrogen-bond acceptors (Lipinski definition) is 6. The number of amides is 1. The first-order valence-corrected chi connectivity index (χ1v) is 9.95. The first-order chi connectivity index (χ1) is 13.5. The van der Waals surface area contributed by atoms with Crippen LogP contribution in [0.15, 0.2) is 18.2 Å². The second kappa shape index (κ2) is 9.12. The van der Waals surface area contributed by atoms with Crippen molar-refractivity contribution in [1.29, 1.82) is 5.26 Å². The SMILES string of the molecule is CC(C)N(C[C@H]1CCCN(c2ccc(C#N)cc2[N+](=O)[O-])C1)C(=O)OC(C)(C)C. The molecule has 1 aliphatic rings. The molecule has 0 unspecified atom stereocenters. The number of nitriles is 1. The minimum Gasteiger partial charge on any atom is -0.444 e. The number of rotatable bonds is 5. The van der Waals surface area contributed by atoms with Gasteiger partial charge in [0, 0.05) is 31.7 Å². The minimum absolute atomic E-state index is 0.00975. The molecule has 8 heteroatoms. The van der Waals surface area contributed by atoms with Gasteiger partial charge in [-0.05, 0) is 65.5 Å². The zero-order valence-corrected chi connectivity index (χ0v) is 17.8. The van der Waals surface area contributed by atoms with Gasteiger partial charge in [-0.1, -0.05) is 0 Å². The van der Waals surface area contributed by atoms with E-state index in [1.165, 1.54) is 6.07 Å². The number of anilines is 1. The maximum atomic E-state index is 12.6. The van der Waals surface area contributed by atoms with Crippen molar-refractivity contribution in [2.24, 2.45) is 5.92 Å². The van der Waals surface area contributed by atoms with Gasteiger partial charge >= 0.3 is 6.09 Å². The number of benzene rings is 1. The van der Waals surface area contributed by atoms with Crippen molar-refractivity contribution in [3.63, 3.8) is 0 Å². The summed E-state index contributed by atoms with van der Waals surface area (Å²) in [6, 6.07) is 6.51. The van der Waals surface area contributed by atoms with Gasteiger partial charge in [0.25, 0.3) is 5.69 Å². The summed E-state index contributed by atoms with van der Waals surface area (Å²) in [4.78, 5) is 27.4. The number of nitrogens with zero attached hydrogens (tertiary/aromatic N) is 4. The fraction of sp³-hybridized carbons (Fsp3) is 0.619. The Morgan fingerprint density at radius 1 is 1.45 bits per heavy atom. The van der Waals surface area contributed by atoms with Gasteiger partial charge in [0.15, 0.2) is 0 Å². The van der Waals surface area contributed by atoms with E-state index in [-0.39, 0.29) is 29.3 Å². The molecule has 0 aliphatic carbocycles. The summed E-state index contributed by atoms with van der Waals surface area (Å²) in [6.45, 7) is 11.3. The Labute approximate surface area is 172 Å². The lowest BCUT2D eigenvalue weighted by Crippen LogP contribution is -2.47. The van der Waals surface area contributed by atoms with Crippen molar-refractivity contribution in [3.8, 4) is 6.07 Å². The predicted octanol–water partition coefficient (Wildman–Crippen LogP) is 4.33. The van der Waals surface area contributed by atoms with Crippen LogP contribution < -0.4 is 4.90 Å². The second-order valence-corrected chi connectivity index (χ2v) is 8.75. The first-order valence-electron chi connectivity index (χ1n) is 9.95. The molecule has 0 radical (unpaired) electrons. The maximum Gasteiger partial charge on any atom is 0.410 e. The molecule has 1 aromatic rings. The highest BCUT2D eigenvalue weighted by molar-refractivity contribution is 5.68. The molecule has 1 amide bonds. The average Bonchev–Trinajstić information content (AvgIpc) is 2.64. The van der Waals surface area contributed by atoms with Gasteiger partial charge in [-0.25, -0.2) is 4.79 Å². The van der Waals surface area contributed by atoms with Crippen molar-refractivity contribution < 1.29 is 14.5 Å². The quantitative estimate of drug-likeness (QED) is 0.537. The topological polar surface area (TPSA) is 99.7 Å². The van der Waals surface area contributed by atoms with Crippen LogP contribution in [0.2, 0.25) is 0 Å². The molecule has 1 fully saturated rings.